The molecule has 2 heteroatoms. The molecule has 2 radical (unpaired) electrons. The van der Waals surface area contributed by atoms with Gasteiger partial charge in [0.25, 0.3) is 0 Å². The highest BCUT2D eigenvalue weighted by Gasteiger charge is 2.01. The van der Waals surface area contributed by atoms with E-state index in [1.165, 1.54) is 0 Å². The maximum Gasteiger partial charge on any atom is 0.112 e. The lowest BCUT2D eigenvalue weighted by Gasteiger charge is -1.93. The molecular formula is C4H4ClN. The third-order valence-corrected chi connectivity index (χ3v) is 0.820. The van der Waals surface area contributed by atoms with Crippen molar-refractivity contribution in [2.24, 2.45) is 0 Å². The van der Waals surface area contributed by atoms with Crippen LogP contribution in [0.4, 0.5) is 0 Å². The Labute approximate surface area is 42.0 Å². The Morgan fingerprint density at radius 3 is 2.83 bits per heavy atom. The zero-order valence-corrected chi connectivity index (χ0v) is 3.87. The van der Waals surface area contributed by atoms with Gasteiger partial charge in [-0.25, -0.2) is 0 Å². The van der Waals surface area contributed by atoms with E-state index in [1.807, 2.05) is 0 Å². The minimum atomic E-state index is -0.0926. The molecule has 6 heavy (non-hydrogen) atoms. The molecule has 1 nitrogen and oxygen atoms in total. The third-order valence-electron chi connectivity index (χ3n) is 0.568. The van der Waals surface area contributed by atoms with Gasteiger partial charge < -0.3 is 5.32 Å². The summed E-state index contributed by atoms with van der Waals surface area (Å²) in [6.45, 7) is 0. The first-order valence-corrected chi connectivity index (χ1v) is 2.14. The zero-order chi connectivity index (χ0) is 4.41. The number of alkyl halides is 1. The molecule has 1 heterocycles. The van der Waals surface area contributed by atoms with Crippen molar-refractivity contribution < 1.29 is 0 Å². The summed E-state index contributed by atoms with van der Waals surface area (Å²) in [6.07, 6.45) is 6.32. The first kappa shape index (κ1) is 4.00. The van der Waals surface area contributed by atoms with Gasteiger partial charge in [-0.05, 0) is 6.20 Å². The fourth-order valence-electron chi connectivity index (χ4n) is 0.313. The Bertz CT molecular complexity index is 61.9. The Hall–Kier alpha value is -0.170. The lowest BCUT2D eigenvalue weighted by molar-refractivity contribution is 0.927. The van der Waals surface area contributed by atoms with Crippen molar-refractivity contribution >= 4 is 11.6 Å². The monoisotopic (exact) mass is 101 g/mol. The van der Waals surface area contributed by atoms with Gasteiger partial charge in [-0.3, -0.25) is 0 Å². The molecule has 0 aromatic carbocycles. The van der Waals surface area contributed by atoms with E-state index in [2.05, 4.69) is 11.7 Å². The van der Waals surface area contributed by atoms with Gasteiger partial charge >= 0.3 is 0 Å². The molecule has 1 unspecified atom stereocenters. The Balaban J connectivity index is 2.32. The molecule has 0 aromatic rings. The van der Waals surface area contributed by atoms with Gasteiger partial charge in [-0.15, -0.1) is 0 Å². The van der Waals surface area contributed by atoms with Crippen LogP contribution < -0.4 is 5.32 Å². The molecule has 1 aliphatic rings. The summed E-state index contributed by atoms with van der Waals surface area (Å²) in [5.74, 6) is 0. The van der Waals surface area contributed by atoms with E-state index >= 15 is 0 Å². The van der Waals surface area contributed by atoms with Crippen molar-refractivity contribution in [3.8, 4) is 0 Å². The molecule has 1 rings (SSSR count). The average Bonchev–Trinajstić information content (AvgIpc) is 1.86. The minimum Gasteiger partial charge on any atom is -0.375 e. The predicted octanol–water partition coefficient (Wildman–Crippen LogP) is 0.749. The summed E-state index contributed by atoms with van der Waals surface area (Å²) in [6, 6.07) is 0. The van der Waals surface area contributed by atoms with Crippen molar-refractivity contribution in [2.45, 2.75) is 5.50 Å². The lowest BCUT2D eigenvalue weighted by Crippen LogP contribution is -2.10. The molecule has 0 saturated heterocycles. The van der Waals surface area contributed by atoms with E-state index in [1.54, 1.807) is 12.3 Å². The van der Waals surface area contributed by atoms with E-state index in [0.29, 0.717) is 0 Å². The third kappa shape index (κ3) is 0.658. The standard InChI is InChI=1S/C4H4ClN/c5-4-2-1-3-6-4/h1,3-4,6H. The van der Waals surface area contributed by atoms with Crippen LogP contribution in [0.15, 0.2) is 12.3 Å². The topological polar surface area (TPSA) is 12.0 Å². The van der Waals surface area contributed by atoms with Crippen LogP contribution in [0.1, 0.15) is 0 Å². The highest BCUT2D eigenvalue weighted by molar-refractivity contribution is 6.21. The molecule has 1 atom stereocenters. The Kier molecular flexibility index (Phi) is 1.01. The molecule has 0 saturated carbocycles. The summed E-state index contributed by atoms with van der Waals surface area (Å²) in [4.78, 5) is 0. The normalized spacial score (nSPS) is 30.5. The second-order valence-corrected chi connectivity index (χ2v) is 1.47. The van der Waals surface area contributed by atoms with Crippen LogP contribution in [0.25, 0.3) is 0 Å². The van der Waals surface area contributed by atoms with E-state index in [9.17, 15) is 0 Å². The molecule has 0 fully saturated rings. The smallest absolute Gasteiger partial charge is 0.112 e. The zero-order valence-electron chi connectivity index (χ0n) is 3.11. The highest BCUT2D eigenvalue weighted by Crippen LogP contribution is 2.01. The number of hydrogen-bond acceptors (Lipinski definition) is 1. The number of nitrogens with one attached hydrogen (secondary N) is 1. The summed E-state index contributed by atoms with van der Waals surface area (Å²) in [7, 11) is 0. The van der Waals surface area contributed by atoms with E-state index < -0.39 is 0 Å². The quantitative estimate of drug-likeness (QED) is 0.351. The van der Waals surface area contributed by atoms with Crippen molar-refractivity contribution in [3.05, 3.63) is 18.7 Å². The van der Waals surface area contributed by atoms with Gasteiger partial charge in [-0.2, -0.15) is 0 Å². The van der Waals surface area contributed by atoms with Gasteiger partial charge in [0.15, 0.2) is 0 Å². The maximum atomic E-state index is 5.43. The van der Waals surface area contributed by atoms with Crippen molar-refractivity contribution in [1.29, 1.82) is 0 Å². The molecule has 0 aliphatic carbocycles. The van der Waals surface area contributed by atoms with Crippen LogP contribution in [-0.4, -0.2) is 5.50 Å². The molecular weight excluding hydrogens is 97.5 g/mol. The summed E-state index contributed by atoms with van der Waals surface area (Å²) >= 11 is 5.43. The highest BCUT2D eigenvalue weighted by atomic mass is 35.5. The van der Waals surface area contributed by atoms with E-state index in [0.717, 1.165) is 0 Å². The molecule has 1 aliphatic heterocycles. The fraction of sp³-hybridized carbons (Fsp3) is 0.250. The van der Waals surface area contributed by atoms with Crippen LogP contribution in [-0.2, 0) is 0 Å². The second kappa shape index (κ2) is 1.52. The van der Waals surface area contributed by atoms with Crippen molar-refractivity contribution in [1.82, 2.24) is 5.32 Å². The van der Waals surface area contributed by atoms with Gasteiger partial charge in [0.1, 0.15) is 5.50 Å². The Morgan fingerprint density at radius 1 is 1.83 bits per heavy atom. The van der Waals surface area contributed by atoms with Crippen LogP contribution in [0.2, 0.25) is 0 Å². The molecule has 0 spiro atoms. The summed E-state index contributed by atoms with van der Waals surface area (Å²) < 4.78 is 0. The fourth-order valence-corrected chi connectivity index (χ4v) is 0.459. The lowest BCUT2D eigenvalue weighted by atomic mass is 10.5. The van der Waals surface area contributed by atoms with Gasteiger partial charge in [0.2, 0.25) is 0 Å². The van der Waals surface area contributed by atoms with Crippen molar-refractivity contribution in [3.63, 3.8) is 0 Å². The molecule has 1 N–H and O–H groups in total. The predicted molar refractivity (Wildman–Crippen MR) is 25.2 cm³/mol. The summed E-state index contributed by atoms with van der Waals surface area (Å²) in [5.41, 5.74) is -0.0926. The first-order chi connectivity index (χ1) is 2.89. The largest absolute Gasteiger partial charge is 0.375 e. The van der Waals surface area contributed by atoms with Crippen LogP contribution >= 0.6 is 11.6 Å². The maximum absolute atomic E-state index is 5.43. The minimum absolute atomic E-state index is 0.0926. The van der Waals surface area contributed by atoms with Crippen LogP contribution in [0, 0.1) is 6.42 Å². The van der Waals surface area contributed by atoms with Gasteiger partial charge in [0, 0.05) is 0 Å². The Morgan fingerprint density at radius 2 is 2.67 bits per heavy atom. The van der Waals surface area contributed by atoms with Gasteiger partial charge in [0.05, 0.1) is 6.42 Å². The SMILES string of the molecule is ClC1[C]C=CN1. The second-order valence-electron chi connectivity index (χ2n) is 1.03. The number of halogens is 1. The van der Waals surface area contributed by atoms with Crippen molar-refractivity contribution in [2.75, 3.05) is 0 Å². The average molecular weight is 102 g/mol. The van der Waals surface area contributed by atoms with E-state index in [4.69, 9.17) is 11.6 Å². The molecule has 0 bridgehead atoms. The molecule has 0 aromatic heterocycles. The van der Waals surface area contributed by atoms with Gasteiger partial charge in [-0.1, -0.05) is 17.7 Å². The first-order valence-electron chi connectivity index (χ1n) is 1.71. The van der Waals surface area contributed by atoms with Crippen LogP contribution in [0.5, 0.6) is 0 Å². The molecule has 0 amide bonds. The number of rotatable bonds is 0. The molecule has 32 valence electrons. The summed E-state index contributed by atoms with van der Waals surface area (Å²) in [5, 5.41) is 2.79. The van der Waals surface area contributed by atoms with Crippen LogP contribution in [0.3, 0.4) is 0 Å². The van der Waals surface area contributed by atoms with E-state index in [-0.39, 0.29) is 5.50 Å². The number of hydrogen-bond donors (Lipinski definition) is 1.